The molecule has 0 fully saturated rings. The van der Waals surface area contributed by atoms with Crippen LogP contribution in [0.1, 0.15) is 24.4 Å². The van der Waals surface area contributed by atoms with E-state index in [0.717, 1.165) is 15.9 Å². The summed E-state index contributed by atoms with van der Waals surface area (Å²) < 4.78 is 15.6. The van der Waals surface area contributed by atoms with Crippen LogP contribution in [0.2, 0.25) is 0 Å². The number of carbonyl (C=O) groups excluding carboxylic acids is 1. The monoisotopic (exact) mass is 354 g/mol. The number of nitrogens with two attached hydrogens (primary N) is 1. The summed E-state index contributed by atoms with van der Waals surface area (Å²) in [6, 6.07) is 3.57. The first kappa shape index (κ1) is 15.5. The molecule has 0 radical (unpaired) electrons. The first-order valence-corrected chi connectivity index (χ1v) is 7.17. The molecule has 0 aliphatic rings. The summed E-state index contributed by atoms with van der Waals surface area (Å²) in [4.78, 5) is 12.3. The smallest absolute Gasteiger partial charge is 0.248 e. The molecule has 0 aliphatic heterocycles. The minimum absolute atomic E-state index is 0.00527. The summed E-state index contributed by atoms with van der Waals surface area (Å²) in [5.41, 5.74) is 7.61. The molecule has 112 valence electrons. The molecule has 5 nitrogen and oxygen atoms in total. The number of hydrogen-bond acceptors (Lipinski definition) is 3. The molecule has 1 aromatic heterocycles. The van der Waals surface area contributed by atoms with Gasteiger partial charge in [0.05, 0.1) is 21.5 Å². The van der Waals surface area contributed by atoms with Crippen molar-refractivity contribution in [2.45, 2.75) is 26.8 Å². The van der Waals surface area contributed by atoms with Gasteiger partial charge in [0.15, 0.2) is 0 Å². The Bertz CT molecular complexity index is 699. The maximum atomic E-state index is 13.1. The maximum Gasteiger partial charge on any atom is 0.248 e. The molecule has 1 atom stereocenters. The predicted octanol–water partition coefficient (Wildman–Crippen LogP) is 3.18. The molecule has 7 heteroatoms. The molecule has 21 heavy (non-hydrogen) atoms. The van der Waals surface area contributed by atoms with Crippen molar-refractivity contribution in [3.63, 3.8) is 0 Å². The quantitative estimate of drug-likeness (QED) is 0.831. The van der Waals surface area contributed by atoms with Gasteiger partial charge in [-0.15, -0.1) is 0 Å². The molecule has 0 spiro atoms. The van der Waals surface area contributed by atoms with Crippen LogP contribution in [0.15, 0.2) is 22.7 Å². The number of amides is 1. The Morgan fingerprint density at radius 1 is 1.48 bits per heavy atom. The van der Waals surface area contributed by atoms with E-state index in [-0.39, 0.29) is 11.6 Å². The lowest BCUT2D eigenvalue weighted by molar-refractivity contribution is -0.119. The van der Waals surface area contributed by atoms with Crippen molar-refractivity contribution in [2.24, 2.45) is 0 Å². The second-order valence-corrected chi connectivity index (χ2v) is 5.62. The highest BCUT2D eigenvalue weighted by Gasteiger charge is 2.20. The molecule has 3 N–H and O–H groups in total. The van der Waals surface area contributed by atoms with Crippen LogP contribution in [0.5, 0.6) is 0 Å². The number of carbonyl (C=O) groups is 1. The van der Waals surface area contributed by atoms with Gasteiger partial charge in [-0.2, -0.15) is 5.10 Å². The van der Waals surface area contributed by atoms with Gasteiger partial charge in [-0.25, -0.2) is 4.39 Å². The maximum absolute atomic E-state index is 13.1. The molecule has 0 aliphatic carbocycles. The molecule has 0 saturated heterocycles. The lowest BCUT2D eigenvalue weighted by atomic mass is 10.2. The SMILES string of the molecule is Cc1nn(C(C)C(=O)Nc2ccc(F)c(N)c2)c(C)c1Br. The molecule has 1 unspecified atom stereocenters. The van der Waals surface area contributed by atoms with Gasteiger partial charge in [-0.05, 0) is 54.9 Å². The van der Waals surface area contributed by atoms with Gasteiger partial charge in [0.25, 0.3) is 0 Å². The fourth-order valence-electron chi connectivity index (χ4n) is 2.00. The highest BCUT2D eigenvalue weighted by molar-refractivity contribution is 9.10. The minimum atomic E-state index is -0.511. The van der Waals surface area contributed by atoms with E-state index in [0.29, 0.717) is 5.69 Å². The van der Waals surface area contributed by atoms with Gasteiger partial charge >= 0.3 is 0 Å². The van der Waals surface area contributed by atoms with Crippen LogP contribution in [-0.2, 0) is 4.79 Å². The van der Waals surface area contributed by atoms with Gasteiger partial charge in [0.2, 0.25) is 5.91 Å². The number of nitrogen functional groups attached to an aromatic ring is 1. The molecule has 0 bridgehead atoms. The van der Waals surface area contributed by atoms with Crippen LogP contribution >= 0.6 is 15.9 Å². The Kier molecular flexibility index (Phi) is 4.32. The summed E-state index contributed by atoms with van der Waals surface area (Å²) in [5, 5.41) is 7.03. The topological polar surface area (TPSA) is 72.9 Å². The van der Waals surface area contributed by atoms with Crippen LogP contribution in [0.25, 0.3) is 0 Å². The molecular weight excluding hydrogens is 339 g/mol. The number of rotatable bonds is 3. The Balaban J connectivity index is 2.19. The van der Waals surface area contributed by atoms with Crippen LogP contribution in [-0.4, -0.2) is 15.7 Å². The zero-order valence-electron chi connectivity index (χ0n) is 11.9. The van der Waals surface area contributed by atoms with Crippen molar-refractivity contribution in [3.8, 4) is 0 Å². The van der Waals surface area contributed by atoms with E-state index in [2.05, 4.69) is 26.3 Å². The molecule has 0 saturated carbocycles. The third-order valence-electron chi connectivity index (χ3n) is 3.25. The molecule has 1 amide bonds. The summed E-state index contributed by atoms with van der Waals surface area (Å²) in [6.07, 6.45) is 0. The van der Waals surface area contributed by atoms with Crippen LogP contribution in [0, 0.1) is 19.7 Å². The molecule has 2 aromatic rings. The fourth-order valence-corrected chi connectivity index (χ4v) is 2.26. The van der Waals surface area contributed by atoms with E-state index in [1.807, 2.05) is 13.8 Å². The lowest BCUT2D eigenvalue weighted by Gasteiger charge is -2.15. The number of anilines is 2. The first-order valence-electron chi connectivity index (χ1n) is 6.38. The average Bonchev–Trinajstić information content (AvgIpc) is 2.69. The summed E-state index contributed by atoms with van der Waals surface area (Å²) >= 11 is 3.43. The minimum Gasteiger partial charge on any atom is -0.396 e. The van der Waals surface area contributed by atoms with Crippen LogP contribution < -0.4 is 11.1 Å². The number of halogens is 2. The van der Waals surface area contributed by atoms with Gasteiger partial charge in [0.1, 0.15) is 11.9 Å². The number of hydrogen-bond donors (Lipinski definition) is 2. The van der Waals surface area contributed by atoms with E-state index in [1.165, 1.54) is 18.2 Å². The van der Waals surface area contributed by atoms with Crippen molar-refractivity contribution >= 4 is 33.2 Å². The van der Waals surface area contributed by atoms with Crippen molar-refractivity contribution in [3.05, 3.63) is 39.9 Å². The van der Waals surface area contributed by atoms with Gasteiger partial charge in [0, 0.05) is 5.69 Å². The number of aryl methyl sites for hydroxylation is 1. The van der Waals surface area contributed by atoms with E-state index >= 15 is 0 Å². The zero-order chi connectivity index (χ0) is 15.7. The van der Waals surface area contributed by atoms with Crippen molar-refractivity contribution in [1.82, 2.24) is 9.78 Å². The number of nitrogens with zero attached hydrogens (tertiary/aromatic N) is 2. The molecular formula is C14H16BrFN4O. The average molecular weight is 355 g/mol. The highest BCUT2D eigenvalue weighted by Crippen LogP contribution is 2.24. The molecule has 1 aromatic carbocycles. The molecule has 2 rings (SSSR count). The third kappa shape index (κ3) is 3.07. The van der Waals surface area contributed by atoms with Crippen molar-refractivity contribution < 1.29 is 9.18 Å². The number of benzene rings is 1. The van der Waals surface area contributed by atoms with E-state index in [1.54, 1.807) is 11.6 Å². The van der Waals surface area contributed by atoms with E-state index in [4.69, 9.17) is 5.73 Å². The normalized spacial score (nSPS) is 12.2. The van der Waals surface area contributed by atoms with E-state index in [9.17, 15) is 9.18 Å². The third-order valence-corrected chi connectivity index (χ3v) is 4.39. The van der Waals surface area contributed by atoms with Crippen LogP contribution in [0.4, 0.5) is 15.8 Å². The fraction of sp³-hybridized carbons (Fsp3) is 0.286. The summed E-state index contributed by atoms with van der Waals surface area (Å²) in [6.45, 7) is 5.48. The highest BCUT2D eigenvalue weighted by atomic mass is 79.9. The second-order valence-electron chi connectivity index (χ2n) is 4.83. The zero-order valence-corrected chi connectivity index (χ0v) is 13.5. The van der Waals surface area contributed by atoms with Gasteiger partial charge in [-0.1, -0.05) is 0 Å². The largest absolute Gasteiger partial charge is 0.396 e. The summed E-state index contributed by atoms with van der Waals surface area (Å²) in [7, 11) is 0. The number of nitrogens with one attached hydrogen (secondary N) is 1. The first-order chi connectivity index (χ1) is 9.81. The van der Waals surface area contributed by atoms with Gasteiger partial charge in [-0.3, -0.25) is 9.48 Å². The molecule has 1 heterocycles. The van der Waals surface area contributed by atoms with E-state index < -0.39 is 11.9 Å². The van der Waals surface area contributed by atoms with Crippen molar-refractivity contribution in [1.29, 1.82) is 0 Å². The number of aromatic nitrogens is 2. The Morgan fingerprint density at radius 2 is 2.14 bits per heavy atom. The second kappa shape index (κ2) is 5.85. The Labute approximate surface area is 130 Å². The Hall–Kier alpha value is -1.89. The van der Waals surface area contributed by atoms with Crippen molar-refractivity contribution in [2.75, 3.05) is 11.1 Å². The summed E-state index contributed by atoms with van der Waals surface area (Å²) in [5.74, 6) is -0.761. The Morgan fingerprint density at radius 3 is 2.67 bits per heavy atom. The predicted molar refractivity (Wildman–Crippen MR) is 83.6 cm³/mol. The lowest BCUT2D eigenvalue weighted by Crippen LogP contribution is -2.25. The standard InChI is InChI=1S/C14H16BrFN4O/c1-7-13(15)8(2)20(19-7)9(3)14(21)18-10-4-5-11(16)12(17)6-10/h4-6,9H,17H2,1-3H3,(H,18,21). The van der Waals surface area contributed by atoms with Crippen LogP contribution in [0.3, 0.4) is 0 Å². The van der Waals surface area contributed by atoms with Gasteiger partial charge < -0.3 is 11.1 Å².